The number of hydrogen-bond acceptors (Lipinski definition) is 2. The van der Waals surface area contributed by atoms with Crippen LogP contribution in [0.5, 0.6) is 0 Å². The van der Waals surface area contributed by atoms with Gasteiger partial charge in [0.2, 0.25) is 0 Å². The molecule has 6 heteroatoms. The number of nitrogens with zero attached hydrogens (tertiary/aromatic N) is 5. The zero-order valence-corrected chi connectivity index (χ0v) is 14.7. The average molecular weight is 284 g/mol. The van der Waals surface area contributed by atoms with Gasteiger partial charge in [-0.1, -0.05) is 0 Å². The summed E-state index contributed by atoms with van der Waals surface area (Å²) in [6.45, 7) is 7.89. The van der Waals surface area contributed by atoms with Crippen LogP contribution in [-0.2, 0) is 0 Å². The van der Waals surface area contributed by atoms with Gasteiger partial charge < -0.3 is 19.6 Å². The molecule has 0 saturated carbocycles. The van der Waals surface area contributed by atoms with Crippen LogP contribution in [0.3, 0.4) is 0 Å². The lowest BCUT2D eigenvalue weighted by molar-refractivity contribution is 0.348. The van der Waals surface area contributed by atoms with Gasteiger partial charge >= 0.3 is 0 Å². The second-order valence-electron chi connectivity index (χ2n) is 6.54. The van der Waals surface area contributed by atoms with Gasteiger partial charge in [-0.05, 0) is 20.8 Å². The lowest BCUT2D eigenvalue weighted by Crippen LogP contribution is -2.45. The summed E-state index contributed by atoms with van der Waals surface area (Å²) in [6.07, 6.45) is 0. The Morgan fingerprint density at radius 3 is 1.65 bits per heavy atom. The van der Waals surface area contributed by atoms with E-state index in [1.165, 1.54) is 0 Å². The Bertz CT molecular complexity index is 340. The van der Waals surface area contributed by atoms with Gasteiger partial charge in [0.05, 0.1) is 5.54 Å². The molecule has 0 unspecified atom stereocenters. The highest BCUT2D eigenvalue weighted by Crippen LogP contribution is 2.09. The van der Waals surface area contributed by atoms with Crippen molar-refractivity contribution in [3.05, 3.63) is 0 Å². The number of likely N-dealkylation sites (N-methyl/N-ethyl adjacent to an activating group) is 2. The first kappa shape index (κ1) is 18.5. The first-order valence-corrected chi connectivity index (χ1v) is 6.91. The SMILES string of the molecule is CN(C)C(=N)N(C)CCN(C)/C(=N\C(C)(C)C)N(C)C. The fraction of sp³-hybridized carbons (Fsp3) is 0.857. The number of guanidine groups is 2. The van der Waals surface area contributed by atoms with Gasteiger partial charge in [-0.25, -0.2) is 4.99 Å². The predicted molar refractivity (Wildman–Crippen MR) is 87.5 cm³/mol. The number of hydrogen-bond donors (Lipinski definition) is 1. The summed E-state index contributed by atoms with van der Waals surface area (Å²) in [5.41, 5.74) is -0.101. The molecule has 118 valence electrons. The van der Waals surface area contributed by atoms with Crippen LogP contribution >= 0.6 is 0 Å². The number of nitrogens with one attached hydrogen (secondary N) is 1. The van der Waals surface area contributed by atoms with Gasteiger partial charge in [0, 0.05) is 55.4 Å². The van der Waals surface area contributed by atoms with Crippen molar-refractivity contribution in [2.45, 2.75) is 26.3 Å². The van der Waals surface area contributed by atoms with E-state index in [1.807, 2.05) is 52.1 Å². The van der Waals surface area contributed by atoms with Crippen LogP contribution in [0.2, 0.25) is 0 Å². The van der Waals surface area contributed by atoms with E-state index in [2.05, 4.69) is 25.7 Å². The van der Waals surface area contributed by atoms with Crippen molar-refractivity contribution in [3.8, 4) is 0 Å². The first-order valence-electron chi connectivity index (χ1n) is 6.91. The molecule has 0 aromatic rings. The minimum absolute atomic E-state index is 0.101. The standard InChI is InChI=1S/C14H32N6/c1-14(2,3)16-13(18(6)7)20(9)11-10-19(8)12(15)17(4)5/h15H,10-11H2,1-9H3/b15-12?,16-13-. The largest absolute Gasteiger partial charge is 0.349 e. The molecule has 0 saturated heterocycles. The monoisotopic (exact) mass is 284 g/mol. The number of rotatable bonds is 3. The molecule has 6 nitrogen and oxygen atoms in total. The van der Waals surface area contributed by atoms with Crippen LogP contribution in [0.25, 0.3) is 0 Å². The summed E-state index contributed by atoms with van der Waals surface area (Å²) in [4.78, 5) is 12.6. The minimum atomic E-state index is -0.101. The number of aliphatic imine (C=N–C) groups is 1. The van der Waals surface area contributed by atoms with Crippen LogP contribution in [0, 0.1) is 5.41 Å². The lowest BCUT2D eigenvalue weighted by atomic mass is 10.1. The van der Waals surface area contributed by atoms with Gasteiger partial charge in [0.15, 0.2) is 11.9 Å². The normalized spacial score (nSPS) is 12.2. The zero-order chi connectivity index (χ0) is 16.1. The van der Waals surface area contributed by atoms with Gasteiger partial charge in [-0.2, -0.15) is 0 Å². The third-order valence-corrected chi connectivity index (χ3v) is 2.73. The Kier molecular flexibility index (Phi) is 6.82. The molecule has 0 atom stereocenters. The Balaban J connectivity index is 4.69. The molecule has 0 heterocycles. The maximum Gasteiger partial charge on any atom is 0.196 e. The van der Waals surface area contributed by atoms with E-state index < -0.39 is 0 Å². The molecule has 0 aromatic heterocycles. The van der Waals surface area contributed by atoms with E-state index >= 15 is 0 Å². The molecular formula is C14H32N6. The molecule has 0 spiro atoms. The highest BCUT2D eigenvalue weighted by molar-refractivity contribution is 5.80. The van der Waals surface area contributed by atoms with E-state index in [4.69, 9.17) is 10.4 Å². The van der Waals surface area contributed by atoms with Crippen molar-refractivity contribution < 1.29 is 0 Å². The molecule has 0 amide bonds. The third-order valence-electron chi connectivity index (χ3n) is 2.73. The minimum Gasteiger partial charge on any atom is -0.349 e. The van der Waals surface area contributed by atoms with E-state index in [0.29, 0.717) is 5.96 Å². The fourth-order valence-electron chi connectivity index (χ4n) is 1.67. The second-order valence-corrected chi connectivity index (χ2v) is 6.54. The molecular weight excluding hydrogens is 252 g/mol. The molecule has 0 bridgehead atoms. The molecule has 0 fully saturated rings. The molecule has 0 aliphatic rings. The Hall–Kier alpha value is -1.46. The van der Waals surface area contributed by atoms with E-state index in [-0.39, 0.29) is 5.54 Å². The van der Waals surface area contributed by atoms with Crippen LogP contribution in [0.15, 0.2) is 4.99 Å². The molecule has 1 N–H and O–H groups in total. The second kappa shape index (κ2) is 7.36. The van der Waals surface area contributed by atoms with Crippen molar-refractivity contribution >= 4 is 11.9 Å². The predicted octanol–water partition coefficient (Wildman–Crippen LogP) is 1.06. The maximum atomic E-state index is 7.92. The quantitative estimate of drug-likeness (QED) is 0.622. The van der Waals surface area contributed by atoms with E-state index in [1.54, 1.807) is 4.90 Å². The molecule has 0 radical (unpaired) electrons. The summed E-state index contributed by atoms with van der Waals surface area (Å²) in [6, 6.07) is 0. The van der Waals surface area contributed by atoms with Crippen LogP contribution in [0.4, 0.5) is 0 Å². The van der Waals surface area contributed by atoms with Crippen molar-refractivity contribution in [3.63, 3.8) is 0 Å². The van der Waals surface area contributed by atoms with Crippen molar-refractivity contribution in [2.75, 3.05) is 55.4 Å². The molecule has 0 aromatic carbocycles. The highest BCUT2D eigenvalue weighted by atomic mass is 15.4. The van der Waals surface area contributed by atoms with Crippen LogP contribution < -0.4 is 0 Å². The topological polar surface area (TPSA) is 49.2 Å². The lowest BCUT2D eigenvalue weighted by Gasteiger charge is -2.32. The summed E-state index contributed by atoms with van der Waals surface area (Å²) < 4.78 is 0. The summed E-state index contributed by atoms with van der Waals surface area (Å²) in [5.74, 6) is 1.47. The van der Waals surface area contributed by atoms with Gasteiger partial charge in [-0.3, -0.25) is 5.41 Å². The summed E-state index contributed by atoms with van der Waals surface area (Å²) >= 11 is 0. The van der Waals surface area contributed by atoms with Gasteiger partial charge in [-0.15, -0.1) is 0 Å². The van der Waals surface area contributed by atoms with E-state index in [9.17, 15) is 0 Å². The Morgan fingerprint density at radius 1 is 0.850 bits per heavy atom. The molecule has 20 heavy (non-hydrogen) atoms. The Labute approximate surface area is 124 Å². The third kappa shape index (κ3) is 6.63. The van der Waals surface area contributed by atoms with Crippen molar-refractivity contribution in [1.82, 2.24) is 19.6 Å². The Morgan fingerprint density at radius 2 is 1.30 bits per heavy atom. The zero-order valence-electron chi connectivity index (χ0n) is 14.7. The first-order chi connectivity index (χ1) is 8.95. The molecule has 0 aliphatic heterocycles. The fourth-order valence-corrected chi connectivity index (χ4v) is 1.67. The van der Waals surface area contributed by atoms with Crippen LogP contribution in [0.1, 0.15) is 20.8 Å². The molecule has 0 rings (SSSR count). The van der Waals surface area contributed by atoms with Gasteiger partial charge in [0.1, 0.15) is 0 Å². The summed E-state index contributed by atoms with van der Waals surface area (Å²) in [7, 11) is 11.8. The average Bonchev–Trinajstić information content (AvgIpc) is 2.29. The molecule has 0 aliphatic carbocycles. The maximum absolute atomic E-state index is 7.92. The summed E-state index contributed by atoms with van der Waals surface area (Å²) in [5, 5.41) is 7.92. The van der Waals surface area contributed by atoms with Crippen LogP contribution in [-0.4, -0.2) is 92.4 Å². The van der Waals surface area contributed by atoms with Crippen molar-refractivity contribution in [1.29, 1.82) is 5.41 Å². The highest BCUT2D eigenvalue weighted by Gasteiger charge is 2.16. The van der Waals surface area contributed by atoms with Crippen molar-refractivity contribution in [2.24, 2.45) is 4.99 Å². The van der Waals surface area contributed by atoms with Gasteiger partial charge in [0.25, 0.3) is 0 Å². The smallest absolute Gasteiger partial charge is 0.196 e. The van der Waals surface area contributed by atoms with E-state index in [0.717, 1.165) is 19.0 Å².